The summed E-state index contributed by atoms with van der Waals surface area (Å²) in [6.45, 7) is 4.38. The lowest BCUT2D eigenvalue weighted by atomic mass is 9.79. The first-order valence-electron chi connectivity index (χ1n) is 7.58. The van der Waals surface area contributed by atoms with E-state index in [1.165, 1.54) is 12.8 Å². The Kier molecular flexibility index (Phi) is 5.99. The molecule has 5 heteroatoms. The molecular formula is C15H29N3O2. The van der Waals surface area contributed by atoms with Gasteiger partial charge in [0.25, 0.3) is 0 Å². The van der Waals surface area contributed by atoms with E-state index in [0.717, 1.165) is 25.7 Å². The molecule has 116 valence electrons. The van der Waals surface area contributed by atoms with Crippen LogP contribution in [0, 0.1) is 10.8 Å². The van der Waals surface area contributed by atoms with Crippen LogP contribution >= 0.6 is 0 Å². The average molecular weight is 283 g/mol. The number of amides is 2. The molecular weight excluding hydrogens is 254 g/mol. The molecule has 0 unspecified atom stereocenters. The number of hydrogen-bond donors (Lipinski definition) is 3. The van der Waals surface area contributed by atoms with E-state index >= 15 is 0 Å². The van der Waals surface area contributed by atoms with E-state index in [-0.39, 0.29) is 11.8 Å². The van der Waals surface area contributed by atoms with Gasteiger partial charge in [0.1, 0.15) is 0 Å². The highest BCUT2D eigenvalue weighted by Gasteiger charge is 2.38. The van der Waals surface area contributed by atoms with Gasteiger partial charge in [0.15, 0.2) is 0 Å². The van der Waals surface area contributed by atoms with Gasteiger partial charge in [0, 0.05) is 20.1 Å². The molecule has 0 aromatic rings. The Bertz CT molecular complexity index is 345. The van der Waals surface area contributed by atoms with E-state index in [1.807, 2.05) is 13.8 Å². The topological polar surface area (TPSA) is 84.2 Å². The van der Waals surface area contributed by atoms with E-state index in [4.69, 9.17) is 5.73 Å². The van der Waals surface area contributed by atoms with Crippen molar-refractivity contribution < 1.29 is 9.59 Å². The highest BCUT2D eigenvalue weighted by Crippen LogP contribution is 2.34. The summed E-state index contributed by atoms with van der Waals surface area (Å²) < 4.78 is 0. The molecule has 0 aliphatic heterocycles. The highest BCUT2D eigenvalue weighted by molar-refractivity contribution is 5.85. The number of carbonyl (C=O) groups excluding carboxylic acids is 2. The number of carbonyl (C=O) groups is 2. The van der Waals surface area contributed by atoms with Crippen LogP contribution in [0.1, 0.15) is 52.4 Å². The van der Waals surface area contributed by atoms with Gasteiger partial charge in [0.2, 0.25) is 11.8 Å². The average Bonchev–Trinajstić information content (AvgIpc) is 2.70. The second kappa shape index (κ2) is 7.07. The summed E-state index contributed by atoms with van der Waals surface area (Å²) in [5.41, 5.74) is 4.85. The van der Waals surface area contributed by atoms with Crippen LogP contribution in [0.5, 0.6) is 0 Å². The van der Waals surface area contributed by atoms with Crippen LogP contribution in [0.4, 0.5) is 0 Å². The first-order valence-corrected chi connectivity index (χ1v) is 7.58. The van der Waals surface area contributed by atoms with E-state index in [0.29, 0.717) is 13.1 Å². The molecule has 0 bridgehead atoms. The molecule has 1 fully saturated rings. The number of nitrogens with one attached hydrogen (secondary N) is 2. The zero-order valence-corrected chi connectivity index (χ0v) is 13.1. The summed E-state index contributed by atoms with van der Waals surface area (Å²) in [7, 11) is 1.61. The first-order chi connectivity index (χ1) is 9.38. The van der Waals surface area contributed by atoms with E-state index in [9.17, 15) is 9.59 Å². The molecule has 4 N–H and O–H groups in total. The quantitative estimate of drug-likeness (QED) is 0.662. The Labute approximate surface area is 122 Å². The van der Waals surface area contributed by atoms with Gasteiger partial charge in [0.05, 0.1) is 10.8 Å². The lowest BCUT2D eigenvalue weighted by Crippen LogP contribution is -2.50. The van der Waals surface area contributed by atoms with E-state index < -0.39 is 10.8 Å². The Hall–Kier alpha value is -1.10. The maximum Gasteiger partial charge on any atom is 0.227 e. The molecule has 1 rings (SSSR count). The SMILES string of the molecule is CNC(=O)C(C)(C)CNC(=O)C1(CN)CCCCCC1. The van der Waals surface area contributed by atoms with Crippen molar-refractivity contribution in [1.29, 1.82) is 0 Å². The van der Waals surface area contributed by atoms with Gasteiger partial charge in [-0.3, -0.25) is 9.59 Å². The van der Waals surface area contributed by atoms with Crippen molar-refractivity contribution >= 4 is 11.8 Å². The predicted octanol–water partition coefficient (Wildman–Crippen LogP) is 1.17. The zero-order chi connectivity index (χ0) is 15.2. The van der Waals surface area contributed by atoms with Gasteiger partial charge in [-0.15, -0.1) is 0 Å². The third-order valence-electron chi connectivity index (χ3n) is 4.47. The van der Waals surface area contributed by atoms with Crippen LogP contribution in [-0.2, 0) is 9.59 Å². The Morgan fingerprint density at radius 1 is 1.15 bits per heavy atom. The number of rotatable bonds is 5. The Morgan fingerprint density at radius 2 is 1.70 bits per heavy atom. The van der Waals surface area contributed by atoms with Crippen molar-refractivity contribution in [3.8, 4) is 0 Å². The van der Waals surface area contributed by atoms with Crippen LogP contribution < -0.4 is 16.4 Å². The van der Waals surface area contributed by atoms with Crippen molar-refractivity contribution in [2.75, 3.05) is 20.1 Å². The predicted molar refractivity (Wildman–Crippen MR) is 80.0 cm³/mol. The summed E-state index contributed by atoms with van der Waals surface area (Å²) in [6, 6.07) is 0. The van der Waals surface area contributed by atoms with E-state index in [2.05, 4.69) is 10.6 Å². The normalized spacial score (nSPS) is 19.0. The fourth-order valence-electron chi connectivity index (χ4n) is 2.84. The first kappa shape index (κ1) is 17.0. The molecule has 1 aliphatic rings. The third-order valence-corrected chi connectivity index (χ3v) is 4.47. The standard InChI is InChI=1S/C15H29N3O2/c1-14(2,12(19)17-3)11-18-13(20)15(10-16)8-6-4-5-7-9-15/h4-11,16H2,1-3H3,(H,17,19)(H,18,20). The van der Waals surface area contributed by atoms with Crippen molar-refractivity contribution in [2.45, 2.75) is 52.4 Å². The summed E-state index contributed by atoms with van der Waals surface area (Å²) in [5.74, 6) is -0.0562. The molecule has 1 aliphatic carbocycles. The smallest absolute Gasteiger partial charge is 0.227 e. The molecule has 0 aromatic heterocycles. The minimum atomic E-state index is -0.606. The van der Waals surface area contributed by atoms with Crippen molar-refractivity contribution in [3.05, 3.63) is 0 Å². The van der Waals surface area contributed by atoms with Crippen molar-refractivity contribution in [3.63, 3.8) is 0 Å². The zero-order valence-electron chi connectivity index (χ0n) is 13.1. The lowest BCUT2D eigenvalue weighted by molar-refractivity contribution is -0.133. The van der Waals surface area contributed by atoms with Crippen molar-refractivity contribution in [1.82, 2.24) is 10.6 Å². The fraction of sp³-hybridized carbons (Fsp3) is 0.867. The van der Waals surface area contributed by atoms with Crippen LogP contribution in [0.25, 0.3) is 0 Å². The summed E-state index contributed by atoms with van der Waals surface area (Å²) in [6.07, 6.45) is 6.19. The van der Waals surface area contributed by atoms with Crippen LogP contribution in [0.2, 0.25) is 0 Å². The molecule has 0 aromatic carbocycles. The summed E-state index contributed by atoms with van der Waals surface area (Å²) in [4.78, 5) is 24.3. The highest BCUT2D eigenvalue weighted by atomic mass is 16.2. The minimum absolute atomic E-state index is 0.0129. The van der Waals surface area contributed by atoms with Gasteiger partial charge in [-0.2, -0.15) is 0 Å². The number of nitrogens with two attached hydrogens (primary N) is 1. The largest absolute Gasteiger partial charge is 0.359 e. The summed E-state index contributed by atoms with van der Waals surface area (Å²) >= 11 is 0. The molecule has 0 radical (unpaired) electrons. The van der Waals surface area contributed by atoms with Crippen LogP contribution in [-0.4, -0.2) is 32.0 Å². The van der Waals surface area contributed by atoms with Gasteiger partial charge in [-0.05, 0) is 26.7 Å². The maximum absolute atomic E-state index is 12.5. The lowest BCUT2D eigenvalue weighted by Gasteiger charge is -2.32. The molecule has 0 spiro atoms. The van der Waals surface area contributed by atoms with Crippen LogP contribution in [0.15, 0.2) is 0 Å². The molecule has 20 heavy (non-hydrogen) atoms. The van der Waals surface area contributed by atoms with Gasteiger partial charge in [-0.1, -0.05) is 25.7 Å². The third kappa shape index (κ3) is 3.95. The number of hydrogen-bond acceptors (Lipinski definition) is 3. The monoisotopic (exact) mass is 283 g/mol. The van der Waals surface area contributed by atoms with Crippen LogP contribution in [0.3, 0.4) is 0 Å². The molecule has 0 saturated heterocycles. The molecule has 0 atom stereocenters. The van der Waals surface area contributed by atoms with Gasteiger partial charge >= 0.3 is 0 Å². The Morgan fingerprint density at radius 3 is 2.15 bits per heavy atom. The Balaban J connectivity index is 2.66. The second-order valence-electron chi connectivity index (χ2n) is 6.54. The second-order valence-corrected chi connectivity index (χ2v) is 6.54. The maximum atomic E-state index is 12.5. The fourth-order valence-corrected chi connectivity index (χ4v) is 2.84. The molecule has 2 amide bonds. The molecule has 1 saturated carbocycles. The molecule has 0 heterocycles. The van der Waals surface area contributed by atoms with Gasteiger partial charge < -0.3 is 16.4 Å². The van der Waals surface area contributed by atoms with E-state index in [1.54, 1.807) is 7.05 Å². The summed E-state index contributed by atoms with van der Waals surface area (Å²) in [5, 5.41) is 5.57. The van der Waals surface area contributed by atoms with Crippen molar-refractivity contribution in [2.24, 2.45) is 16.6 Å². The molecule has 5 nitrogen and oxygen atoms in total. The minimum Gasteiger partial charge on any atom is -0.359 e. The van der Waals surface area contributed by atoms with Gasteiger partial charge in [-0.25, -0.2) is 0 Å².